The van der Waals surface area contributed by atoms with Crippen LogP contribution in [0.25, 0.3) is 10.8 Å². The van der Waals surface area contributed by atoms with Gasteiger partial charge in [-0.05, 0) is 35.7 Å². The monoisotopic (exact) mass is 481 g/mol. The molecule has 1 saturated carbocycles. The average Bonchev–Trinajstić information content (AvgIpc) is 3.54. The fourth-order valence-electron chi connectivity index (χ4n) is 4.46. The minimum Gasteiger partial charge on any atom is -0.353 e. The van der Waals surface area contributed by atoms with Crippen molar-refractivity contribution < 1.29 is 9.59 Å². The molecule has 2 fully saturated rings. The molecule has 2 amide bonds. The zero-order chi connectivity index (χ0) is 22.6. The Morgan fingerprint density at radius 2 is 1.76 bits per heavy atom. The molecule has 0 radical (unpaired) electrons. The van der Waals surface area contributed by atoms with Crippen LogP contribution < -0.4 is 10.2 Å². The maximum absolute atomic E-state index is 13.0. The highest BCUT2D eigenvalue weighted by atomic mass is 32.2. The summed E-state index contributed by atoms with van der Waals surface area (Å²) in [6, 6.07) is 14.3. The van der Waals surface area contributed by atoms with Crippen molar-refractivity contribution in [2.24, 2.45) is 0 Å². The van der Waals surface area contributed by atoms with E-state index in [0.29, 0.717) is 24.9 Å². The summed E-state index contributed by atoms with van der Waals surface area (Å²) in [5, 5.41) is 14.8. The van der Waals surface area contributed by atoms with Crippen LogP contribution in [-0.4, -0.2) is 64.9 Å². The number of hydrogen-bond donors (Lipinski definition) is 1. The maximum Gasteiger partial charge on any atom is 0.253 e. The summed E-state index contributed by atoms with van der Waals surface area (Å²) in [6.45, 7) is 2.75. The van der Waals surface area contributed by atoms with Gasteiger partial charge >= 0.3 is 0 Å². The van der Waals surface area contributed by atoms with Gasteiger partial charge in [0.15, 0.2) is 4.34 Å². The first-order valence-corrected chi connectivity index (χ1v) is 13.2. The highest BCUT2D eigenvalue weighted by Gasteiger charge is 2.24. The molecule has 1 aliphatic carbocycles. The lowest BCUT2D eigenvalue weighted by molar-refractivity contribution is -0.119. The summed E-state index contributed by atoms with van der Waals surface area (Å²) in [6.07, 6.45) is 4.60. The van der Waals surface area contributed by atoms with E-state index in [2.05, 4.69) is 26.5 Å². The number of amides is 2. The van der Waals surface area contributed by atoms with Gasteiger partial charge in [0.2, 0.25) is 11.0 Å². The molecule has 1 aliphatic heterocycles. The van der Waals surface area contributed by atoms with Gasteiger partial charge in [-0.15, -0.1) is 10.2 Å². The highest BCUT2D eigenvalue weighted by Crippen LogP contribution is 2.29. The van der Waals surface area contributed by atoms with Crippen molar-refractivity contribution in [1.29, 1.82) is 0 Å². The molecule has 0 bridgehead atoms. The molecule has 0 atom stereocenters. The van der Waals surface area contributed by atoms with E-state index in [0.717, 1.165) is 51.7 Å². The van der Waals surface area contributed by atoms with Crippen LogP contribution in [0, 0.1) is 0 Å². The van der Waals surface area contributed by atoms with Gasteiger partial charge in [0.25, 0.3) is 5.91 Å². The van der Waals surface area contributed by atoms with E-state index in [4.69, 9.17) is 0 Å². The molecule has 2 aromatic carbocycles. The minimum atomic E-state index is 0.0715. The van der Waals surface area contributed by atoms with Crippen LogP contribution in [0.2, 0.25) is 0 Å². The summed E-state index contributed by atoms with van der Waals surface area (Å²) in [4.78, 5) is 29.2. The third kappa shape index (κ3) is 5.30. The van der Waals surface area contributed by atoms with Crippen molar-refractivity contribution >= 4 is 50.8 Å². The fourth-order valence-corrected chi connectivity index (χ4v) is 6.16. The predicted molar refractivity (Wildman–Crippen MR) is 133 cm³/mol. The van der Waals surface area contributed by atoms with Crippen LogP contribution in [0.3, 0.4) is 0 Å². The van der Waals surface area contributed by atoms with Crippen molar-refractivity contribution in [2.75, 3.05) is 36.8 Å². The third-order valence-corrected chi connectivity index (χ3v) is 8.39. The van der Waals surface area contributed by atoms with Crippen LogP contribution in [0.4, 0.5) is 5.13 Å². The molecule has 2 aliphatic rings. The normalized spacial score (nSPS) is 17.0. The van der Waals surface area contributed by atoms with Crippen molar-refractivity contribution in [3.63, 3.8) is 0 Å². The first kappa shape index (κ1) is 22.2. The van der Waals surface area contributed by atoms with E-state index in [1.54, 1.807) is 0 Å². The number of hydrogen-bond acceptors (Lipinski definition) is 7. The topological polar surface area (TPSA) is 78.4 Å². The lowest BCUT2D eigenvalue weighted by Crippen LogP contribution is -2.48. The van der Waals surface area contributed by atoms with Gasteiger partial charge in [-0.25, -0.2) is 0 Å². The molecule has 9 heteroatoms. The van der Waals surface area contributed by atoms with Crippen molar-refractivity contribution in [3.05, 3.63) is 48.0 Å². The molecule has 2 heterocycles. The lowest BCUT2D eigenvalue weighted by Gasteiger charge is -2.34. The van der Waals surface area contributed by atoms with E-state index < -0.39 is 0 Å². The Morgan fingerprint density at radius 3 is 2.55 bits per heavy atom. The summed E-state index contributed by atoms with van der Waals surface area (Å²) in [7, 11) is 0. The molecule has 5 rings (SSSR count). The molecule has 1 saturated heterocycles. The number of carbonyl (C=O) groups is 2. The van der Waals surface area contributed by atoms with Gasteiger partial charge in [-0.2, -0.15) is 0 Å². The van der Waals surface area contributed by atoms with Gasteiger partial charge in [-0.3, -0.25) is 9.59 Å². The number of aromatic nitrogens is 2. The molecule has 7 nitrogen and oxygen atoms in total. The van der Waals surface area contributed by atoms with Gasteiger partial charge in [-0.1, -0.05) is 66.3 Å². The van der Waals surface area contributed by atoms with Crippen LogP contribution in [0.5, 0.6) is 0 Å². The molecule has 33 heavy (non-hydrogen) atoms. The number of benzene rings is 2. The Balaban J connectivity index is 1.12. The number of nitrogens with one attached hydrogen (secondary N) is 1. The Bertz CT molecular complexity index is 1140. The number of nitrogens with zero attached hydrogens (tertiary/aromatic N) is 4. The van der Waals surface area contributed by atoms with Gasteiger partial charge in [0.05, 0.1) is 5.75 Å². The van der Waals surface area contributed by atoms with Crippen LogP contribution in [-0.2, 0) is 4.79 Å². The van der Waals surface area contributed by atoms with Gasteiger partial charge in [0.1, 0.15) is 0 Å². The quantitative estimate of drug-likeness (QED) is 0.540. The fraction of sp³-hybridized carbons (Fsp3) is 0.417. The molecule has 172 valence electrons. The first-order chi connectivity index (χ1) is 16.2. The number of fused-ring (bicyclic) bond motifs is 1. The van der Waals surface area contributed by atoms with E-state index >= 15 is 0 Å². The van der Waals surface area contributed by atoms with E-state index in [9.17, 15) is 9.59 Å². The summed E-state index contributed by atoms with van der Waals surface area (Å²) in [5.74, 6) is 0.519. The number of thioether (sulfide) groups is 1. The van der Waals surface area contributed by atoms with E-state index in [1.807, 2.05) is 41.3 Å². The van der Waals surface area contributed by atoms with Crippen LogP contribution >= 0.6 is 23.1 Å². The smallest absolute Gasteiger partial charge is 0.253 e. The second-order valence-electron chi connectivity index (χ2n) is 8.53. The zero-order valence-electron chi connectivity index (χ0n) is 18.4. The Kier molecular flexibility index (Phi) is 6.78. The number of anilines is 1. The Labute approximate surface area is 201 Å². The van der Waals surface area contributed by atoms with Crippen LogP contribution in [0.1, 0.15) is 36.0 Å². The number of carbonyl (C=O) groups excluding carboxylic acids is 2. The largest absolute Gasteiger partial charge is 0.353 e. The SMILES string of the molecule is O=C(CSc1nnc(N2CCN(C(=O)c3ccc4ccccc4c3)CC2)s1)NC1CCCC1. The van der Waals surface area contributed by atoms with Crippen LogP contribution in [0.15, 0.2) is 46.8 Å². The summed E-state index contributed by atoms with van der Waals surface area (Å²) < 4.78 is 0.807. The maximum atomic E-state index is 13.0. The molecule has 3 aromatic rings. The molecule has 0 spiro atoms. The van der Waals surface area contributed by atoms with Crippen molar-refractivity contribution in [1.82, 2.24) is 20.4 Å². The van der Waals surface area contributed by atoms with E-state index in [1.165, 1.54) is 35.9 Å². The number of rotatable bonds is 6. The lowest BCUT2D eigenvalue weighted by atomic mass is 10.1. The number of piperazine rings is 1. The summed E-state index contributed by atoms with van der Waals surface area (Å²) >= 11 is 2.96. The molecular formula is C24H27N5O2S2. The highest BCUT2D eigenvalue weighted by molar-refractivity contribution is 8.01. The van der Waals surface area contributed by atoms with Crippen molar-refractivity contribution in [3.8, 4) is 0 Å². The van der Waals surface area contributed by atoms with Gasteiger partial charge in [0, 0.05) is 37.8 Å². The molecular weight excluding hydrogens is 454 g/mol. The summed E-state index contributed by atoms with van der Waals surface area (Å²) in [5.41, 5.74) is 0.729. The second kappa shape index (κ2) is 10.1. The Hall–Kier alpha value is -2.65. The standard InChI is InChI=1S/C24H27N5O2S2/c30-21(25-20-7-3-4-8-20)16-32-24-27-26-23(33-24)29-13-11-28(12-14-29)22(31)19-10-9-17-5-1-2-6-18(17)15-19/h1-2,5-6,9-10,15,20H,3-4,7-8,11-14,16H2,(H,25,30). The first-order valence-electron chi connectivity index (χ1n) is 11.4. The second-order valence-corrected chi connectivity index (χ2v) is 10.7. The Morgan fingerprint density at radius 1 is 1.00 bits per heavy atom. The van der Waals surface area contributed by atoms with Crippen molar-refractivity contribution in [2.45, 2.75) is 36.1 Å². The third-order valence-electron chi connectivity index (χ3n) is 6.28. The molecule has 1 N–H and O–H groups in total. The van der Waals surface area contributed by atoms with E-state index in [-0.39, 0.29) is 11.8 Å². The molecule has 0 unspecified atom stereocenters. The molecule has 1 aromatic heterocycles. The average molecular weight is 482 g/mol. The predicted octanol–water partition coefficient (Wildman–Crippen LogP) is 3.80. The minimum absolute atomic E-state index is 0.0715. The zero-order valence-corrected chi connectivity index (χ0v) is 20.0. The van der Waals surface area contributed by atoms with Gasteiger partial charge < -0.3 is 15.1 Å².